The number of benzene rings is 2. The summed E-state index contributed by atoms with van der Waals surface area (Å²) in [6.45, 7) is 3.34. The lowest BCUT2D eigenvalue weighted by Gasteiger charge is -2.23. The quantitative estimate of drug-likeness (QED) is 0.845. The number of anilines is 2. The fraction of sp³-hybridized carbons (Fsp3) is 0.222. The van der Waals surface area contributed by atoms with Crippen molar-refractivity contribution in [2.45, 2.75) is 20.3 Å². The standard InChI is InChI=1S/C18H18Cl2N2O2/c1-3-13-6-4-5-7-17(13)22(12(2)23)11-18(24)21-16-10-14(19)8-9-15(16)20/h4-10H,3,11H2,1-2H3,(H,21,24). The summed E-state index contributed by atoms with van der Waals surface area (Å²) >= 11 is 12.0. The van der Waals surface area contributed by atoms with Crippen molar-refractivity contribution in [3.8, 4) is 0 Å². The molecule has 0 unspecified atom stereocenters. The van der Waals surface area contributed by atoms with Gasteiger partial charge in [-0.25, -0.2) is 0 Å². The molecule has 0 saturated carbocycles. The van der Waals surface area contributed by atoms with Crippen LogP contribution in [0.3, 0.4) is 0 Å². The number of aryl methyl sites for hydroxylation is 1. The Labute approximate surface area is 151 Å². The highest BCUT2D eigenvalue weighted by Crippen LogP contribution is 2.26. The monoisotopic (exact) mass is 364 g/mol. The Morgan fingerprint density at radius 1 is 1.12 bits per heavy atom. The predicted molar refractivity (Wildman–Crippen MR) is 98.9 cm³/mol. The highest BCUT2D eigenvalue weighted by atomic mass is 35.5. The maximum atomic E-state index is 12.4. The van der Waals surface area contributed by atoms with E-state index in [1.807, 2.05) is 31.2 Å². The van der Waals surface area contributed by atoms with Gasteiger partial charge in [-0.2, -0.15) is 0 Å². The number of nitrogens with one attached hydrogen (secondary N) is 1. The van der Waals surface area contributed by atoms with Crippen LogP contribution < -0.4 is 10.2 Å². The minimum Gasteiger partial charge on any atom is -0.323 e. The van der Waals surface area contributed by atoms with Crippen LogP contribution in [0.2, 0.25) is 10.0 Å². The SMILES string of the molecule is CCc1ccccc1N(CC(=O)Nc1cc(Cl)ccc1Cl)C(C)=O. The number of hydrogen-bond acceptors (Lipinski definition) is 2. The Hall–Kier alpha value is -2.04. The molecule has 126 valence electrons. The van der Waals surface area contributed by atoms with E-state index in [1.54, 1.807) is 18.2 Å². The lowest BCUT2D eigenvalue weighted by Crippen LogP contribution is -2.37. The second-order valence-corrected chi connectivity index (χ2v) is 6.10. The number of carbonyl (C=O) groups excluding carboxylic acids is 2. The molecule has 24 heavy (non-hydrogen) atoms. The van der Waals surface area contributed by atoms with Crippen molar-refractivity contribution in [2.24, 2.45) is 0 Å². The first-order valence-corrected chi connectivity index (χ1v) is 8.29. The summed E-state index contributed by atoms with van der Waals surface area (Å²) in [5.41, 5.74) is 2.16. The van der Waals surface area contributed by atoms with Crippen molar-refractivity contribution in [3.05, 3.63) is 58.1 Å². The molecule has 0 radical (unpaired) electrons. The van der Waals surface area contributed by atoms with Crippen LogP contribution in [0.25, 0.3) is 0 Å². The van der Waals surface area contributed by atoms with E-state index in [0.717, 1.165) is 17.7 Å². The molecule has 1 N–H and O–H groups in total. The largest absolute Gasteiger partial charge is 0.323 e. The van der Waals surface area contributed by atoms with E-state index in [0.29, 0.717) is 15.7 Å². The van der Waals surface area contributed by atoms with Gasteiger partial charge in [-0.15, -0.1) is 0 Å². The van der Waals surface area contributed by atoms with Gasteiger partial charge in [0.2, 0.25) is 11.8 Å². The zero-order valence-corrected chi connectivity index (χ0v) is 15.0. The summed E-state index contributed by atoms with van der Waals surface area (Å²) < 4.78 is 0. The van der Waals surface area contributed by atoms with Gasteiger partial charge in [-0.3, -0.25) is 9.59 Å². The second kappa shape index (κ2) is 8.18. The molecule has 0 bridgehead atoms. The molecule has 2 aromatic carbocycles. The maximum absolute atomic E-state index is 12.4. The van der Waals surface area contributed by atoms with E-state index >= 15 is 0 Å². The molecule has 0 aliphatic carbocycles. The fourth-order valence-corrected chi connectivity index (χ4v) is 2.70. The lowest BCUT2D eigenvalue weighted by molar-refractivity contribution is -0.120. The summed E-state index contributed by atoms with van der Waals surface area (Å²) in [6, 6.07) is 12.3. The topological polar surface area (TPSA) is 49.4 Å². The first-order valence-electron chi connectivity index (χ1n) is 7.53. The summed E-state index contributed by atoms with van der Waals surface area (Å²) in [7, 11) is 0. The molecule has 2 aromatic rings. The van der Waals surface area contributed by atoms with E-state index < -0.39 is 0 Å². The van der Waals surface area contributed by atoms with Crippen molar-refractivity contribution in [3.63, 3.8) is 0 Å². The number of halogens is 2. The summed E-state index contributed by atoms with van der Waals surface area (Å²) in [5.74, 6) is -0.552. The first kappa shape index (κ1) is 18.3. The van der Waals surface area contributed by atoms with Gasteiger partial charge in [0.15, 0.2) is 0 Å². The summed E-state index contributed by atoms with van der Waals surface area (Å²) in [5, 5.41) is 3.55. The van der Waals surface area contributed by atoms with E-state index in [1.165, 1.54) is 11.8 Å². The van der Waals surface area contributed by atoms with Gasteiger partial charge >= 0.3 is 0 Å². The number of amides is 2. The van der Waals surface area contributed by atoms with Crippen molar-refractivity contribution in [2.75, 3.05) is 16.8 Å². The van der Waals surface area contributed by atoms with Crippen LogP contribution in [0.1, 0.15) is 19.4 Å². The average molecular weight is 365 g/mol. The third-order valence-electron chi connectivity index (χ3n) is 3.55. The Morgan fingerprint density at radius 3 is 2.50 bits per heavy atom. The smallest absolute Gasteiger partial charge is 0.244 e. The van der Waals surface area contributed by atoms with Crippen LogP contribution in [0, 0.1) is 0 Å². The number of rotatable bonds is 5. The minimum atomic E-state index is -0.347. The lowest BCUT2D eigenvalue weighted by atomic mass is 10.1. The van der Waals surface area contributed by atoms with Gasteiger partial charge in [-0.05, 0) is 36.2 Å². The summed E-state index contributed by atoms with van der Waals surface area (Å²) in [6.07, 6.45) is 0.766. The van der Waals surface area contributed by atoms with E-state index in [2.05, 4.69) is 5.32 Å². The van der Waals surface area contributed by atoms with E-state index in [-0.39, 0.29) is 18.4 Å². The fourth-order valence-electron chi connectivity index (χ4n) is 2.37. The molecular formula is C18H18Cl2N2O2. The third kappa shape index (κ3) is 4.49. The van der Waals surface area contributed by atoms with Crippen molar-refractivity contribution >= 4 is 46.4 Å². The molecule has 0 saturated heterocycles. The van der Waals surface area contributed by atoms with Crippen LogP contribution in [-0.4, -0.2) is 18.4 Å². The van der Waals surface area contributed by atoms with Crippen molar-refractivity contribution in [1.82, 2.24) is 0 Å². The van der Waals surface area contributed by atoms with Crippen LogP contribution in [0.5, 0.6) is 0 Å². The molecule has 0 fully saturated rings. The highest BCUT2D eigenvalue weighted by Gasteiger charge is 2.18. The zero-order valence-electron chi connectivity index (χ0n) is 13.5. The number of nitrogens with zero attached hydrogens (tertiary/aromatic N) is 1. The van der Waals surface area contributed by atoms with Crippen LogP contribution in [-0.2, 0) is 16.0 Å². The molecule has 0 heterocycles. The van der Waals surface area contributed by atoms with Gasteiger partial charge in [0.05, 0.1) is 10.7 Å². The molecule has 0 atom stereocenters. The zero-order chi connectivity index (χ0) is 17.7. The molecule has 4 nitrogen and oxygen atoms in total. The van der Waals surface area contributed by atoms with E-state index in [4.69, 9.17) is 23.2 Å². The van der Waals surface area contributed by atoms with Crippen LogP contribution in [0.4, 0.5) is 11.4 Å². The van der Waals surface area contributed by atoms with Crippen molar-refractivity contribution < 1.29 is 9.59 Å². The Morgan fingerprint density at radius 2 is 1.83 bits per heavy atom. The third-order valence-corrected chi connectivity index (χ3v) is 4.11. The molecule has 0 spiro atoms. The maximum Gasteiger partial charge on any atom is 0.244 e. The summed E-state index contributed by atoms with van der Waals surface area (Å²) in [4.78, 5) is 25.8. The van der Waals surface area contributed by atoms with Gasteiger partial charge in [-0.1, -0.05) is 48.3 Å². The van der Waals surface area contributed by atoms with Gasteiger partial charge < -0.3 is 10.2 Å². The van der Waals surface area contributed by atoms with Crippen LogP contribution >= 0.6 is 23.2 Å². The minimum absolute atomic E-state index is 0.102. The Kier molecular flexibility index (Phi) is 6.23. The molecular weight excluding hydrogens is 347 g/mol. The molecule has 2 amide bonds. The van der Waals surface area contributed by atoms with Gasteiger partial charge in [0.1, 0.15) is 6.54 Å². The van der Waals surface area contributed by atoms with Gasteiger partial charge in [0.25, 0.3) is 0 Å². The average Bonchev–Trinajstić information content (AvgIpc) is 2.55. The second-order valence-electron chi connectivity index (χ2n) is 5.26. The Bertz CT molecular complexity index is 762. The normalized spacial score (nSPS) is 10.3. The molecule has 0 aliphatic heterocycles. The number of hydrogen-bond donors (Lipinski definition) is 1. The molecule has 0 aliphatic rings. The Balaban J connectivity index is 2.20. The molecule has 2 rings (SSSR count). The first-order chi connectivity index (χ1) is 11.4. The van der Waals surface area contributed by atoms with Gasteiger partial charge in [0, 0.05) is 17.6 Å². The predicted octanol–water partition coefficient (Wildman–Crippen LogP) is 4.55. The molecule has 0 aromatic heterocycles. The molecule has 6 heteroatoms. The van der Waals surface area contributed by atoms with E-state index in [9.17, 15) is 9.59 Å². The highest BCUT2D eigenvalue weighted by molar-refractivity contribution is 6.35. The van der Waals surface area contributed by atoms with Crippen LogP contribution in [0.15, 0.2) is 42.5 Å². The van der Waals surface area contributed by atoms with Crippen molar-refractivity contribution in [1.29, 1.82) is 0 Å². The number of para-hydroxylation sites is 1. The number of carbonyl (C=O) groups is 2.